The van der Waals surface area contributed by atoms with Crippen LogP contribution in [0.2, 0.25) is 0 Å². The summed E-state index contributed by atoms with van der Waals surface area (Å²) in [6.07, 6.45) is 0. The lowest BCUT2D eigenvalue weighted by atomic mass is 10.2. The van der Waals surface area contributed by atoms with E-state index in [1.165, 1.54) is 11.8 Å². The number of fused-ring (bicyclic) bond motifs is 1. The lowest BCUT2D eigenvalue weighted by molar-refractivity contribution is 0.391. The Hall–Kier alpha value is -2.45. The van der Waals surface area contributed by atoms with Crippen molar-refractivity contribution in [2.45, 2.75) is 10.9 Å². The average Bonchev–Trinajstić information content (AvgIpc) is 3.30. The smallest absolute Gasteiger partial charge is 0.237 e. The number of rotatable bonds is 5. The van der Waals surface area contributed by atoms with Crippen LogP contribution in [0.4, 0.5) is 5.82 Å². The highest BCUT2D eigenvalue weighted by Gasteiger charge is 2.12. The van der Waals surface area contributed by atoms with E-state index in [0.717, 1.165) is 21.6 Å². The maximum absolute atomic E-state index is 5.31. The Balaban J connectivity index is 1.54. The first-order chi connectivity index (χ1) is 11.8. The van der Waals surface area contributed by atoms with Crippen LogP contribution in [0.5, 0.6) is 0 Å². The first kappa shape index (κ1) is 15.1. The molecule has 0 aliphatic carbocycles. The van der Waals surface area contributed by atoms with Crippen LogP contribution in [-0.2, 0) is 5.75 Å². The van der Waals surface area contributed by atoms with Gasteiger partial charge in [0.15, 0.2) is 5.16 Å². The number of anilines is 1. The van der Waals surface area contributed by atoms with Gasteiger partial charge < -0.3 is 9.84 Å². The molecule has 0 unspecified atom stereocenters. The molecule has 4 rings (SSSR count). The van der Waals surface area contributed by atoms with Crippen LogP contribution in [0.25, 0.3) is 21.6 Å². The van der Waals surface area contributed by atoms with E-state index in [0.29, 0.717) is 22.6 Å². The maximum Gasteiger partial charge on any atom is 0.237 e. The number of benzene rings is 1. The molecule has 3 aromatic heterocycles. The van der Waals surface area contributed by atoms with Crippen molar-refractivity contribution in [2.24, 2.45) is 0 Å². The zero-order valence-corrected chi connectivity index (χ0v) is 14.4. The Kier molecular flexibility index (Phi) is 4.14. The number of thiophene rings is 1. The van der Waals surface area contributed by atoms with Gasteiger partial charge in [0.25, 0.3) is 0 Å². The Morgan fingerprint density at radius 1 is 1.12 bits per heavy atom. The van der Waals surface area contributed by atoms with E-state index >= 15 is 0 Å². The standard InChI is InChI=1S/C16H13N5OS2/c1-17-14-10-5-2-3-6-11(10)18-16(20-14)24-9-13-19-15(21-22-13)12-7-4-8-23-12/h2-8H,9H2,1H3,(H,17,18,20). The Morgan fingerprint density at radius 3 is 2.88 bits per heavy atom. The van der Waals surface area contributed by atoms with E-state index in [1.54, 1.807) is 11.3 Å². The lowest BCUT2D eigenvalue weighted by Gasteiger charge is -2.06. The molecular weight excluding hydrogens is 342 g/mol. The minimum Gasteiger partial charge on any atom is -0.372 e. The van der Waals surface area contributed by atoms with Gasteiger partial charge in [-0.25, -0.2) is 9.97 Å². The molecular formula is C16H13N5OS2. The molecule has 8 heteroatoms. The fourth-order valence-corrected chi connectivity index (χ4v) is 3.59. The molecule has 120 valence electrons. The molecule has 1 aromatic carbocycles. The summed E-state index contributed by atoms with van der Waals surface area (Å²) in [5, 5.41) is 10.8. The third-order valence-corrected chi connectivity index (χ3v) is 5.05. The van der Waals surface area contributed by atoms with E-state index in [9.17, 15) is 0 Å². The van der Waals surface area contributed by atoms with Gasteiger partial charge in [0.2, 0.25) is 11.7 Å². The number of hydrogen-bond acceptors (Lipinski definition) is 8. The highest BCUT2D eigenvalue weighted by molar-refractivity contribution is 7.98. The summed E-state index contributed by atoms with van der Waals surface area (Å²) in [5.74, 6) is 2.52. The summed E-state index contributed by atoms with van der Waals surface area (Å²) >= 11 is 3.06. The van der Waals surface area contributed by atoms with Crippen molar-refractivity contribution < 1.29 is 4.52 Å². The second-order valence-corrected chi connectivity index (χ2v) is 6.79. The fourth-order valence-electron chi connectivity index (χ4n) is 2.26. The predicted molar refractivity (Wildman–Crippen MR) is 96.3 cm³/mol. The molecule has 0 amide bonds. The van der Waals surface area contributed by atoms with E-state index in [1.807, 2.05) is 48.8 Å². The maximum atomic E-state index is 5.31. The molecule has 6 nitrogen and oxygen atoms in total. The molecule has 0 spiro atoms. The molecule has 0 bridgehead atoms. The summed E-state index contributed by atoms with van der Waals surface area (Å²) in [4.78, 5) is 14.5. The van der Waals surface area contributed by atoms with Gasteiger partial charge in [-0.2, -0.15) is 4.98 Å². The first-order valence-electron chi connectivity index (χ1n) is 7.27. The van der Waals surface area contributed by atoms with Gasteiger partial charge in [0.05, 0.1) is 16.1 Å². The van der Waals surface area contributed by atoms with Crippen LogP contribution in [-0.4, -0.2) is 27.2 Å². The van der Waals surface area contributed by atoms with Crippen LogP contribution < -0.4 is 5.32 Å². The number of nitrogens with one attached hydrogen (secondary N) is 1. The molecule has 0 atom stereocenters. The highest BCUT2D eigenvalue weighted by atomic mass is 32.2. The predicted octanol–water partition coefficient (Wildman–Crippen LogP) is 4.08. The second kappa shape index (κ2) is 6.58. The summed E-state index contributed by atoms with van der Waals surface area (Å²) in [5.41, 5.74) is 0.907. The van der Waals surface area contributed by atoms with E-state index in [2.05, 4.69) is 25.4 Å². The lowest BCUT2D eigenvalue weighted by Crippen LogP contribution is -1.98. The van der Waals surface area contributed by atoms with Crippen LogP contribution in [0.1, 0.15) is 5.89 Å². The normalized spacial score (nSPS) is 11.0. The van der Waals surface area contributed by atoms with E-state index < -0.39 is 0 Å². The number of aromatic nitrogens is 4. The minimum absolute atomic E-state index is 0.528. The summed E-state index contributed by atoms with van der Waals surface area (Å²) in [6.45, 7) is 0. The molecule has 0 aliphatic heterocycles. The van der Waals surface area contributed by atoms with Gasteiger partial charge in [-0.05, 0) is 23.6 Å². The zero-order chi connectivity index (χ0) is 16.4. The van der Waals surface area contributed by atoms with Crippen molar-refractivity contribution in [3.05, 3.63) is 47.7 Å². The average molecular weight is 355 g/mol. The zero-order valence-electron chi connectivity index (χ0n) is 12.8. The molecule has 0 aliphatic rings. The van der Waals surface area contributed by atoms with Crippen molar-refractivity contribution in [2.75, 3.05) is 12.4 Å². The Labute approximate surface area is 146 Å². The molecule has 0 fully saturated rings. The highest BCUT2D eigenvalue weighted by Crippen LogP contribution is 2.27. The van der Waals surface area contributed by atoms with Gasteiger partial charge >= 0.3 is 0 Å². The van der Waals surface area contributed by atoms with Crippen molar-refractivity contribution in [1.29, 1.82) is 0 Å². The Bertz CT molecular complexity index is 968. The number of thioether (sulfide) groups is 1. The Morgan fingerprint density at radius 2 is 2.04 bits per heavy atom. The van der Waals surface area contributed by atoms with E-state index in [-0.39, 0.29) is 0 Å². The summed E-state index contributed by atoms with van der Waals surface area (Å²) in [7, 11) is 1.86. The number of hydrogen-bond donors (Lipinski definition) is 1. The quantitative estimate of drug-likeness (QED) is 0.427. The van der Waals surface area contributed by atoms with Gasteiger partial charge in [-0.1, -0.05) is 35.1 Å². The molecule has 24 heavy (non-hydrogen) atoms. The molecule has 4 aromatic rings. The first-order valence-corrected chi connectivity index (χ1v) is 9.14. The van der Waals surface area contributed by atoms with Crippen molar-refractivity contribution in [1.82, 2.24) is 20.1 Å². The minimum atomic E-state index is 0.528. The third-order valence-electron chi connectivity index (χ3n) is 3.35. The topological polar surface area (TPSA) is 76.7 Å². The molecule has 3 heterocycles. The van der Waals surface area contributed by atoms with Crippen molar-refractivity contribution >= 4 is 39.8 Å². The second-order valence-electron chi connectivity index (χ2n) is 4.90. The largest absolute Gasteiger partial charge is 0.372 e. The van der Waals surface area contributed by atoms with E-state index in [4.69, 9.17) is 4.52 Å². The molecule has 0 radical (unpaired) electrons. The van der Waals surface area contributed by atoms with Gasteiger partial charge in [0, 0.05) is 12.4 Å². The summed E-state index contributed by atoms with van der Waals surface area (Å²) < 4.78 is 5.31. The van der Waals surface area contributed by atoms with Gasteiger partial charge in [-0.3, -0.25) is 0 Å². The summed E-state index contributed by atoms with van der Waals surface area (Å²) in [6, 6.07) is 11.9. The molecule has 0 saturated heterocycles. The van der Waals surface area contributed by atoms with Gasteiger partial charge in [-0.15, -0.1) is 11.3 Å². The number of nitrogens with zero attached hydrogens (tertiary/aromatic N) is 4. The third kappa shape index (κ3) is 2.98. The monoisotopic (exact) mass is 355 g/mol. The van der Waals surface area contributed by atoms with Crippen LogP contribution >= 0.6 is 23.1 Å². The van der Waals surface area contributed by atoms with Crippen LogP contribution in [0.15, 0.2) is 51.5 Å². The van der Waals surface area contributed by atoms with Crippen LogP contribution in [0, 0.1) is 0 Å². The molecule has 0 saturated carbocycles. The van der Waals surface area contributed by atoms with Crippen molar-refractivity contribution in [3.63, 3.8) is 0 Å². The number of para-hydroxylation sites is 1. The fraction of sp³-hybridized carbons (Fsp3) is 0.125. The molecule has 1 N–H and O–H groups in total. The van der Waals surface area contributed by atoms with Crippen LogP contribution in [0.3, 0.4) is 0 Å². The van der Waals surface area contributed by atoms with Gasteiger partial charge in [0.1, 0.15) is 5.82 Å². The SMILES string of the molecule is CNc1nc(SCc2nc(-c3cccs3)no2)nc2ccccc12. The van der Waals surface area contributed by atoms with Crippen molar-refractivity contribution in [3.8, 4) is 10.7 Å².